The van der Waals surface area contributed by atoms with Crippen LogP contribution in [0, 0.1) is 11.6 Å². The molecule has 1 aromatic heterocycles. The van der Waals surface area contributed by atoms with Crippen molar-refractivity contribution in [2.24, 2.45) is 0 Å². The van der Waals surface area contributed by atoms with Gasteiger partial charge in [0.05, 0.1) is 5.52 Å². The summed E-state index contributed by atoms with van der Waals surface area (Å²) in [5.74, 6) is -2.32. The lowest BCUT2D eigenvalue weighted by atomic mass is 10.2. The topological polar surface area (TPSA) is 42.0 Å². The molecule has 1 heterocycles. The van der Waals surface area contributed by atoms with Crippen LogP contribution in [0.4, 0.5) is 14.5 Å². The molecule has 0 unspecified atom stereocenters. The van der Waals surface area contributed by atoms with E-state index in [1.807, 2.05) is 12.1 Å². The van der Waals surface area contributed by atoms with E-state index >= 15 is 0 Å². The summed E-state index contributed by atoms with van der Waals surface area (Å²) in [4.78, 5) is 16.2. The van der Waals surface area contributed by atoms with E-state index in [-0.39, 0.29) is 5.69 Å². The van der Waals surface area contributed by atoms with Crippen LogP contribution in [-0.4, -0.2) is 10.9 Å². The molecule has 104 valence electrons. The van der Waals surface area contributed by atoms with Gasteiger partial charge in [-0.3, -0.25) is 4.79 Å². The van der Waals surface area contributed by atoms with Gasteiger partial charge in [0.2, 0.25) is 0 Å². The quantitative estimate of drug-likeness (QED) is 0.778. The molecule has 0 bridgehead atoms. The van der Waals surface area contributed by atoms with Gasteiger partial charge in [0, 0.05) is 5.39 Å². The van der Waals surface area contributed by atoms with E-state index in [9.17, 15) is 13.6 Å². The number of benzene rings is 2. The molecule has 21 heavy (non-hydrogen) atoms. The summed E-state index contributed by atoms with van der Waals surface area (Å²) in [6.07, 6.45) is 0. The van der Waals surface area contributed by atoms with E-state index in [0.717, 1.165) is 17.5 Å². The van der Waals surface area contributed by atoms with Crippen molar-refractivity contribution in [3.63, 3.8) is 0 Å². The Morgan fingerprint density at radius 1 is 0.905 bits per heavy atom. The van der Waals surface area contributed by atoms with Crippen molar-refractivity contribution >= 4 is 22.5 Å². The monoisotopic (exact) mass is 284 g/mol. The lowest BCUT2D eigenvalue weighted by Crippen LogP contribution is -2.15. The van der Waals surface area contributed by atoms with Crippen LogP contribution in [0.1, 0.15) is 10.5 Å². The highest BCUT2D eigenvalue weighted by molar-refractivity contribution is 6.04. The zero-order chi connectivity index (χ0) is 14.8. The number of aromatic nitrogens is 1. The van der Waals surface area contributed by atoms with Gasteiger partial charge in [-0.15, -0.1) is 0 Å². The van der Waals surface area contributed by atoms with E-state index < -0.39 is 23.2 Å². The standard InChI is InChI=1S/C16H10F2N2O/c17-11-5-3-6-12(18)15(11)20-16(21)14-9-8-10-4-1-2-7-13(10)19-14/h1-9H,(H,20,21). The molecule has 0 aliphatic heterocycles. The Hall–Kier alpha value is -2.82. The average molecular weight is 284 g/mol. The SMILES string of the molecule is O=C(Nc1c(F)cccc1F)c1ccc2ccccc2n1. The predicted octanol–water partition coefficient (Wildman–Crippen LogP) is 3.77. The van der Waals surface area contributed by atoms with Gasteiger partial charge >= 0.3 is 0 Å². The molecule has 0 saturated carbocycles. The lowest BCUT2D eigenvalue weighted by molar-refractivity contribution is 0.102. The second kappa shape index (κ2) is 5.28. The molecule has 1 amide bonds. The Morgan fingerprint density at radius 2 is 1.62 bits per heavy atom. The molecular weight excluding hydrogens is 274 g/mol. The van der Waals surface area contributed by atoms with Gasteiger partial charge in [-0.05, 0) is 24.3 Å². The maximum atomic E-state index is 13.5. The number of carbonyl (C=O) groups excluding carboxylic acids is 1. The highest BCUT2D eigenvalue weighted by Gasteiger charge is 2.14. The summed E-state index contributed by atoms with van der Waals surface area (Å²) >= 11 is 0. The molecule has 5 heteroatoms. The number of halogens is 2. The van der Waals surface area contributed by atoms with Crippen LogP contribution < -0.4 is 5.32 Å². The zero-order valence-corrected chi connectivity index (χ0v) is 10.8. The minimum Gasteiger partial charge on any atom is -0.316 e. The van der Waals surface area contributed by atoms with Gasteiger partial charge in [-0.2, -0.15) is 0 Å². The summed E-state index contributed by atoms with van der Waals surface area (Å²) in [5.41, 5.74) is 0.257. The molecule has 0 fully saturated rings. The molecule has 1 N–H and O–H groups in total. The van der Waals surface area contributed by atoms with Crippen molar-refractivity contribution in [2.75, 3.05) is 5.32 Å². The van der Waals surface area contributed by atoms with Crippen LogP contribution in [0.3, 0.4) is 0 Å². The maximum absolute atomic E-state index is 13.5. The normalized spacial score (nSPS) is 10.6. The molecule has 0 aliphatic carbocycles. The molecule has 3 aromatic rings. The first-order chi connectivity index (χ1) is 10.1. The molecule has 0 spiro atoms. The van der Waals surface area contributed by atoms with Gasteiger partial charge in [0.1, 0.15) is 23.0 Å². The summed E-state index contributed by atoms with van der Waals surface area (Å²) in [5, 5.41) is 3.09. The van der Waals surface area contributed by atoms with Gasteiger partial charge < -0.3 is 5.32 Å². The minimum atomic E-state index is -0.830. The predicted molar refractivity (Wildman–Crippen MR) is 76.1 cm³/mol. The van der Waals surface area contributed by atoms with Crippen LogP contribution >= 0.6 is 0 Å². The number of pyridine rings is 1. The van der Waals surface area contributed by atoms with Crippen molar-refractivity contribution in [2.45, 2.75) is 0 Å². The number of hydrogen-bond acceptors (Lipinski definition) is 2. The number of rotatable bonds is 2. The van der Waals surface area contributed by atoms with E-state index in [1.54, 1.807) is 18.2 Å². The number of amides is 1. The fourth-order valence-corrected chi connectivity index (χ4v) is 1.99. The van der Waals surface area contributed by atoms with Crippen molar-refractivity contribution in [1.82, 2.24) is 4.98 Å². The Kier molecular flexibility index (Phi) is 3.31. The third kappa shape index (κ3) is 2.58. The molecule has 0 radical (unpaired) electrons. The van der Waals surface area contributed by atoms with Crippen molar-refractivity contribution in [3.8, 4) is 0 Å². The first-order valence-corrected chi connectivity index (χ1v) is 6.26. The molecular formula is C16H10F2N2O. The molecule has 3 rings (SSSR count). The fourth-order valence-electron chi connectivity index (χ4n) is 1.99. The molecule has 0 aliphatic rings. The third-order valence-electron chi connectivity index (χ3n) is 3.03. The summed E-state index contributed by atoms with van der Waals surface area (Å²) in [6, 6.07) is 13.9. The Balaban J connectivity index is 1.94. The van der Waals surface area contributed by atoms with Crippen LogP contribution in [0.25, 0.3) is 10.9 Å². The second-order valence-corrected chi connectivity index (χ2v) is 4.44. The molecule has 3 nitrogen and oxygen atoms in total. The Labute approximate surface area is 119 Å². The van der Waals surface area contributed by atoms with E-state index in [1.165, 1.54) is 12.1 Å². The summed E-state index contributed by atoms with van der Waals surface area (Å²) in [6.45, 7) is 0. The molecule has 0 saturated heterocycles. The summed E-state index contributed by atoms with van der Waals surface area (Å²) in [7, 11) is 0. The van der Waals surface area contributed by atoms with E-state index in [0.29, 0.717) is 5.52 Å². The van der Waals surface area contributed by atoms with Gasteiger partial charge in [-0.25, -0.2) is 13.8 Å². The first-order valence-electron chi connectivity index (χ1n) is 6.26. The van der Waals surface area contributed by atoms with Crippen LogP contribution in [0.15, 0.2) is 54.6 Å². The number of para-hydroxylation sites is 2. The van der Waals surface area contributed by atoms with E-state index in [4.69, 9.17) is 0 Å². The number of nitrogens with zero attached hydrogens (tertiary/aromatic N) is 1. The van der Waals surface area contributed by atoms with Crippen molar-refractivity contribution in [3.05, 3.63) is 71.9 Å². The Bertz CT molecular complexity index is 813. The Morgan fingerprint density at radius 3 is 2.38 bits per heavy atom. The van der Waals surface area contributed by atoms with Crippen molar-refractivity contribution < 1.29 is 13.6 Å². The number of nitrogens with one attached hydrogen (secondary N) is 1. The summed E-state index contributed by atoms with van der Waals surface area (Å²) < 4.78 is 27.0. The molecule has 2 aromatic carbocycles. The van der Waals surface area contributed by atoms with E-state index in [2.05, 4.69) is 10.3 Å². The smallest absolute Gasteiger partial charge is 0.274 e. The average Bonchev–Trinajstić information content (AvgIpc) is 2.50. The van der Waals surface area contributed by atoms with Gasteiger partial charge in [0.25, 0.3) is 5.91 Å². The number of carbonyl (C=O) groups is 1. The van der Waals surface area contributed by atoms with Gasteiger partial charge in [0.15, 0.2) is 0 Å². The van der Waals surface area contributed by atoms with Crippen molar-refractivity contribution in [1.29, 1.82) is 0 Å². The third-order valence-corrected chi connectivity index (χ3v) is 3.03. The van der Waals surface area contributed by atoms with Crippen LogP contribution in [0.5, 0.6) is 0 Å². The number of hydrogen-bond donors (Lipinski definition) is 1. The van der Waals surface area contributed by atoms with Crippen LogP contribution in [0.2, 0.25) is 0 Å². The second-order valence-electron chi connectivity index (χ2n) is 4.44. The highest BCUT2D eigenvalue weighted by Crippen LogP contribution is 2.19. The molecule has 0 atom stereocenters. The zero-order valence-electron chi connectivity index (χ0n) is 10.8. The highest BCUT2D eigenvalue weighted by atomic mass is 19.1. The van der Waals surface area contributed by atoms with Gasteiger partial charge in [-0.1, -0.05) is 30.3 Å². The number of fused-ring (bicyclic) bond motifs is 1. The fraction of sp³-hybridized carbons (Fsp3) is 0. The lowest BCUT2D eigenvalue weighted by Gasteiger charge is -2.07. The minimum absolute atomic E-state index is 0.0938. The first kappa shape index (κ1) is 13.2. The largest absolute Gasteiger partial charge is 0.316 e. The number of anilines is 1. The van der Waals surface area contributed by atoms with Crippen LogP contribution in [-0.2, 0) is 0 Å². The maximum Gasteiger partial charge on any atom is 0.274 e.